The lowest BCUT2D eigenvalue weighted by molar-refractivity contribution is -0.140. The van der Waals surface area contributed by atoms with Gasteiger partial charge >= 0.3 is 5.97 Å². The van der Waals surface area contributed by atoms with Crippen molar-refractivity contribution in [2.45, 2.75) is 71.1 Å². The molecule has 0 unspecified atom stereocenters. The van der Waals surface area contributed by atoms with Gasteiger partial charge in [-0.05, 0) is 45.2 Å². The first-order valence-electron chi connectivity index (χ1n) is 9.30. The predicted octanol–water partition coefficient (Wildman–Crippen LogP) is 3.29. The normalized spacial score (nSPS) is 11.0. The number of hydrogen-bond acceptors (Lipinski definition) is 4. The lowest BCUT2D eigenvalue weighted by Crippen LogP contribution is -2.16. The summed E-state index contributed by atoms with van der Waals surface area (Å²) in [5.41, 5.74) is 0. The number of aliphatic imine (C=N–C) groups is 1. The van der Waals surface area contributed by atoms with Crippen molar-refractivity contribution in [3.8, 4) is 0 Å². The van der Waals surface area contributed by atoms with Crippen LogP contribution >= 0.6 is 0 Å². The molecule has 0 amide bonds. The third kappa shape index (κ3) is 18.9. The number of methoxy groups -OCH3 is 1. The van der Waals surface area contributed by atoms with E-state index in [1.165, 1.54) is 45.6 Å². The molecule has 0 bridgehead atoms. The summed E-state index contributed by atoms with van der Waals surface area (Å²) < 4.78 is 4.61. The Labute approximate surface area is 142 Å². The smallest absolute Gasteiger partial charge is 0.305 e. The van der Waals surface area contributed by atoms with Gasteiger partial charge in [0.2, 0.25) is 0 Å². The van der Waals surface area contributed by atoms with Gasteiger partial charge < -0.3 is 15.4 Å². The monoisotopic (exact) mass is 327 g/mol. The molecular weight excluding hydrogens is 290 g/mol. The Balaban J connectivity index is 3.06. The minimum Gasteiger partial charge on any atom is -0.469 e. The topological polar surface area (TPSA) is 62.7 Å². The lowest BCUT2D eigenvalue weighted by Gasteiger charge is -2.04. The van der Waals surface area contributed by atoms with E-state index in [1.807, 2.05) is 6.34 Å². The molecule has 0 heterocycles. The van der Waals surface area contributed by atoms with Crippen molar-refractivity contribution >= 4 is 12.3 Å². The van der Waals surface area contributed by atoms with E-state index >= 15 is 0 Å². The maximum atomic E-state index is 10.9. The molecule has 0 spiro atoms. The lowest BCUT2D eigenvalue weighted by atomic mass is 10.2. The van der Waals surface area contributed by atoms with Crippen molar-refractivity contribution in [3.63, 3.8) is 0 Å². The van der Waals surface area contributed by atoms with Gasteiger partial charge in [-0.25, -0.2) is 0 Å². The van der Waals surface area contributed by atoms with Crippen molar-refractivity contribution in [2.75, 3.05) is 33.3 Å². The third-order valence-electron chi connectivity index (χ3n) is 3.71. The molecular formula is C18H37N3O2. The highest BCUT2D eigenvalue weighted by molar-refractivity contribution is 5.68. The fourth-order valence-corrected chi connectivity index (χ4v) is 2.20. The molecule has 0 radical (unpaired) electrons. The van der Waals surface area contributed by atoms with Gasteiger partial charge in [0.25, 0.3) is 0 Å². The number of carbonyl (C=O) groups is 1. The van der Waals surface area contributed by atoms with Crippen LogP contribution in [0.4, 0.5) is 0 Å². The summed E-state index contributed by atoms with van der Waals surface area (Å²) in [4.78, 5) is 15.3. The van der Waals surface area contributed by atoms with E-state index < -0.39 is 0 Å². The van der Waals surface area contributed by atoms with Gasteiger partial charge in [0, 0.05) is 19.5 Å². The number of nitrogens with one attached hydrogen (secondary N) is 2. The van der Waals surface area contributed by atoms with Gasteiger partial charge in [0.1, 0.15) is 0 Å². The first kappa shape index (κ1) is 21.9. The van der Waals surface area contributed by atoms with Crippen molar-refractivity contribution in [1.29, 1.82) is 0 Å². The van der Waals surface area contributed by atoms with Gasteiger partial charge in [-0.3, -0.25) is 9.79 Å². The summed E-state index contributed by atoms with van der Waals surface area (Å²) in [5, 5.41) is 6.67. The summed E-state index contributed by atoms with van der Waals surface area (Å²) in [6, 6.07) is 0. The summed E-state index contributed by atoms with van der Waals surface area (Å²) in [6.45, 7) is 6.31. The fraction of sp³-hybridized carbons (Fsp3) is 0.889. The van der Waals surface area contributed by atoms with Crippen molar-refractivity contribution in [2.24, 2.45) is 4.99 Å². The minimum absolute atomic E-state index is 0.0981. The second-order valence-electron chi connectivity index (χ2n) is 5.89. The van der Waals surface area contributed by atoms with Crippen molar-refractivity contribution < 1.29 is 9.53 Å². The van der Waals surface area contributed by atoms with Crippen molar-refractivity contribution in [1.82, 2.24) is 10.6 Å². The molecule has 0 rings (SSSR count). The molecule has 0 saturated carbocycles. The average molecular weight is 328 g/mol. The third-order valence-corrected chi connectivity index (χ3v) is 3.71. The maximum Gasteiger partial charge on any atom is 0.305 e. The molecule has 23 heavy (non-hydrogen) atoms. The van der Waals surface area contributed by atoms with Crippen LogP contribution in [0.5, 0.6) is 0 Å². The highest BCUT2D eigenvalue weighted by atomic mass is 16.5. The Hall–Kier alpha value is -1.10. The molecule has 0 atom stereocenters. The molecule has 0 aliphatic carbocycles. The summed E-state index contributed by atoms with van der Waals surface area (Å²) in [5.74, 6) is -0.0981. The summed E-state index contributed by atoms with van der Waals surface area (Å²) in [6.07, 6.45) is 12.9. The number of esters is 1. The van der Waals surface area contributed by atoms with Crippen LogP contribution in [0, 0.1) is 0 Å². The second kappa shape index (κ2) is 18.9. The Morgan fingerprint density at radius 3 is 2.35 bits per heavy atom. The van der Waals surface area contributed by atoms with Gasteiger partial charge in [0.15, 0.2) is 0 Å². The Morgan fingerprint density at radius 2 is 1.65 bits per heavy atom. The fourth-order valence-electron chi connectivity index (χ4n) is 2.20. The number of ether oxygens (including phenoxy) is 1. The quantitative estimate of drug-likeness (QED) is 0.186. The van der Waals surface area contributed by atoms with E-state index in [2.05, 4.69) is 27.3 Å². The molecule has 0 aromatic carbocycles. The van der Waals surface area contributed by atoms with Crippen LogP contribution in [0.1, 0.15) is 71.1 Å². The van der Waals surface area contributed by atoms with Gasteiger partial charge in [-0.1, -0.05) is 32.6 Å². The van der Waals surface area contributed by atoms with Crippen LogP contribution in [0.2, 0.25) is 0 Å². The molecule has 0 fully saturated rings. The molecule has 0 aliphatic rings. The van der Waals surface area contributed by atoms with Crippen molar-refractivity contribution in [3.05, 3.63) is 0 Å². The van der Waals surface area contributed by atoms with E-state index in [-0.39, 0.29) is 5.97 Å². The molecule has 136 valence electrons. The van der Waals surface area contributed by atoms with Crippen LogP contribution in [0.15, 0.2) is 4.99 Å². The summed E-state index contributed by atoms with van der Waals surface area (Å²) in [7, 11) is 1.45. The number of nitrogens with zero attached hydrogens (tertiary/aromatic N) is 1. The van der Waals surface area contributed by atoms with Crippen LogP contribution in [0.3, 0.4) is 0 Å². The largest absolute Gasteiger partial charge is 0.469 e. The molecule has 0 aliphatic heterocycles. The van der Waals surface area contributed by atoms with E-state index in [1.54, 1.807) is 0 Å². The Kier molecular flexibility index (Phi) is 18.0. The Bertz CT molecular complexity index is 283. The molecule has 0 aromatic rings. The van der Waals surface area contributed by atoms with Crippen LogP contribution in [0.25, 0.3) is 0 Å². The average Bonchev–Trinajstić information content (AvgIpc) is 2.57. The zero-order valence-electron chi connectivity index (χ0n) is 15.2. The summed E-state index contributed by atoms with van der Waals surface area (Å²) >= 11 is 0. The zero-order chi connectivity index (χ0) is 17.0. The predicted molar refractivity (Wildman–Crippen MR) is 98.1 cm³/mol. The molecule has 2 N–H and O–H groups in total. The van der Waals surface area contributed by atoms with Gasteiger partial charge in [-0.15, -0.1) is 0 Å². The molecule has 0 aromatic heterocycles. The number of rotatable bonds is 17. The number of carbonyl (C=O) groups excluding carboxylic acids is 1. The SMILES string of the molecule is CCCCNC=NCCCCCCNCCCCCC(=O)OC. The standard InChI is InChI=1S/C18H37N3O2/c1-3-4-13-20-17-21-16-10-6-5-9-14-19-15-11-7-8-12-18(22)23-2/h17,19H,3-16H2,1-2H3,(H,20,21). The second-order valence-corrected chi connectivity index (χ2v) is 5.89. The van der Waals surface area contributed by atoms with E-state index in [0.717, 1.165) is 45.4 Å². The van der Waals surface area contributed by atoms with Crippen LogP contribution < -0.4 is 10.6 Å². The zero-order valence-corrected chi connectivity index (χ0v) is 15.2. The first-order valence-corrected chi connectivity index (χ1v) is 9.30. The minimum atomic E-state index is -0.0981. The maximum absolute atomic E-state index is 10.9. The Morgan fingerprint density at radius 1 is 0.957 bits per heavy atom. The van der Waals surface area contributed by atoms with E-state index in [4.69, 9.17) is 0 Å². The molecule has 0 saturated heterocycles. The van der Waals surface area contributed by atoms with E-state index in [9.17, 15) is 4.79 Å². The highest BCUT2D eigenvalue weighted by Gasteiger charge is 1.98. The van der Waals surface area contributed by atoms with Crippen LogP contribution in [-0.2, 0) is 9.53 Å². The molecule has 5 nitrogen and oxygen atoms in total. The van der Waals surface area contributed by atoms with Gasteiger partial charge in [-0.2, -0.15) is 0 Å². The first-order chi connectivity index (χ1) is 11.3. The van der Waals surface area contributed by atoms with E-state index in [0.29, 0.717) is 6.42 Å². The number of unbranched alkanes of at least 4 members (excludes halogenated alkanes) is 6. The highest BCUT2D eigenvalue weighted by Crippen LogP contribution is 2.01. The molecule has 5 heteroatoms. The number of hydrogen-bond donors (Lipinski definition) is 2. The van der Waals surface area contributed by atoms with Crippen LogP contribution in [-0.4, -0.2) is 45.6 Å². The van der Waals surface area contributed by atoms with Gasteiger partial charge in [0.05, 0.1) is 13.4 Å².